The van der Waals surface area contributed by atoms with Crippen LogP contribution in [0.15, 0.2) is 42.5 Å². The summed E-state index contributed by atoms with van der Waals surface area (Å²) in [6, 6.07) is 12.7. The van der Waals surface area contributed by atoms with E-state index in [9.17, 15) is 9.59 Å². The van der Waals surface area contributed by atoms with Gasteiger partial charge in [-0.15, -0.1) is 0 Å². The molecule has 0 radical (unpaired) electrons. The molecule has 1 atom stereocenters. The average molecular weight is 469 g/mol. The quantitative estimate of drug-likeness (QED) is 0.533. The van der Waals surface area contributed by atoms with E-state index in [1.807, 2.05) is 38.1 Å². The molecule has 0 bridgehead atoms. The van der Waals surface area contributed by atoms with Crippen LogP contribution in [0.2, 0.25) is 0 Å². The monoisotopic (exact) mass is 468 g/mol. The number of hydrogen-bond donors (Lipinski definition) is 1. The molecule has 2 aromatic rings. The molecule has 0 heterocycles. The second-order valence-electron chi connectivity index (χ2n) is 8.70. The first-order valence-electron chi connectivity index (χ1n) is 11.9. The lowest BCUT2D eigenvalue weighted by atomic mass is 10.1. The van der Waals surface area contributed by atoms with Crippen molar-refractivity contribution in [2.45, 2.75) is 64.6 Å². The van der Waals surface area contributed by atoms with Gasteiger partial charge in [-0.25, -0.2) is 0 Å². The molecule has 1 fully saturated rings. The Labute approximate surface area is 202 Å². The van der Waals surface area contributed by atoms with Crippen molar-refractivity contribution in [1.82, 2.24) is 10.2 Å². The number of amides is 2. The van der Waals surface area contributed by atoms with E-state index in [1.165, 1.54) is 0 Å². The Morgan fingerprint density at radius 1 is 1.03 bits per heavy atom. The number of rotatable bonds is 11. The van der Waals surface area contributed by atoms with Gasteiger partial charge < -0.3 is 24.4 Å². The molecule has 1 unspecified atom stereocenters. The van der Waals surface area contributed by atoms with Crippen molar-refractivity contribution < 1.29 is 23.8 Å². The third-order valence-corrected chi connectivity index (χ3v) is 6.38. The number of nitrogens with one attached hydrogen (secondary N) is 1. The van der Waals surface area contributed by atoms with Gasteiger partial charge in [0.2, 0.25) is 5.91 Å². The lowest BCUT2D eigenvalue weighted by Crippen LogP contribution is -2.52. The molecule has 7 nitrogen and oxygen atoms in total. The average Bonchev–Trinajstić information content (AvgIpc) is 3.36. The smallest absolute Gasteiger partial charge is 0.261 e. The fraction of sp³-hybridized carbons (Fsp3) is 0.481. The fourth-order valence-corrected chi connectivity index (χ4v) is 4.35. The standard InChI is InChI=1S/C27H36N2O5/c1-5-25(27(31)28-21-12-8-9-13-21)29(17-20-11-7-6-10-19(20)2)26(30)18-34-24-15-22(32-3)14-23(16-24)33-4/h6-7,10-11,14-16,21,25H,5,8-9,12-13,17-18H2,1-4H3,(H,28,31). The molecule has 0 saturated heterocycles. The molecule has 0 spiro atoms. The fourth-order valence-electron chi connectivity index (χ4n) is 4.35. The molecule has 2 aromatic carbocycles. The Morgan fingerprint density at radius 2 is 1.65 bits per heavy atom. The van der Waals surface area contributed by atoms with Gasteiger partial charge in [0.25, 0.3) is 5.91 Å². The van der Waals surface area contributed by atoms with Crippen molar-refractivity contribution in [3.63, 3.8) is 0 Å². The number of methoxy groups -OCH3 is 2. The number of nitrogens with zero attached hydrogens (tertiary/aromatic N) is 1. The minimum Gasteiger partial charge on any atom is -0.496 e. The highest BCUT2D eigenvalue weighted by atomic mass is 16.5. The van der Waals surface area contributed by atoms with Crippen LogP contribution in [-0.2, 0) is 16.1 Å². The highest BCUT2D eigenvalue weighted by Gasteiger charge is 2.31. The van der Waals surface area contributed by atoms with Crippen molar-refractivity contribution in [1.29, 1.82) is 0 Å². The van der Waals surface area contributed by atoms with E-state index in [0.717, 1.165) is 36.8 Å². The maximum absolute atomic E-state index is 13.4. The summed E-state index contributed by atoms with van der Waals surface area (Å²) in [4.78, 5) is 28.3. The summed E-state index contributed by atoms with van der Waals surface area (Å²) >= 11 is 0. The minimum atomic E-state index is -0.573. The Morgan fingerprint density at radius 3 is 2.24 bits per heavy atom. The van der Waals surface area contributed by atoms with E-state index < -0.39 is 6.04 Å². The van der Waals surface area contributed by atoms with Crippen molar-refractivity contribution in [3.8, 4) is 17.2 Å². The van der Waals surface area contributed by atoms with Crippen LogP contribution in [0.5, 0.6) is 17.2 Å². The number of benzene rings is 2. The van der Waals surface area contributed by atoms with Crippen LogP contribution in [0.1, 0.15) is 50.2 Å². The van der Waals surface area contributed by atoms with E-state index in [2.05, 4.69) is 5.32 Å². The van der Waals surface area contributed by atoms with Crippen LogP contribution in [0.25, 0.3) is 0 Å². The zero-order valence-corrected chi connectivity index (χ0v) is 20.6. The zero-order chi connectivity index (χ0) is 24.5. The first-order valence-corrected chi connectivity index (χ1v) is 11.9. The van der Waals surface area contributed by atoms with E-state index in [1.54, 1.807) is 37.3 Å². The summed E-state index contributed by atoms with van der Waals surface area (Å²) in [6.07, 6.45) is 4.77. The van der Waals surface area contributed by atoms with Gasteiger partial charge in [0, 0.05) is 30.8 Å². The third-order valence-electron chi connectivity index (χ3n) is 6.38. The maximum atomic E-state index is 13.4. The molecule has 0 aromatic heterocycles. The van der Waals surface area contributed by atoms with Crippen LogP contribution in [0, 0.1) is 6.92 Å². The lowest BCUT2D eigenvalue weighted by molar-refractivity contribution is -0.143. The number of aryl methyl sites for hydroxylation is 1. The van der Waals surface area contributed by atoms with Crippen molar-refractivity contribution in [2.24, 2.45) is 0 Å². The highest BCUT2D eigenvalue weighted by molar-refractivity contribution is 5.88. The molecule has 7 heteroatoms. The van der Waals surface area contributed by atoms with Crippen LogP contribution < -0.4 is 19.5 Å². The second kappa shape index (κ2) is 12.3. The number of ether oxygens (including phenoxy) is 3. The normalized spacial score (nSPS) is 14.4. The van der Waals surface area contributed by atoms with Crippen LogP contribution in [0.4, 0.5) is 0 Å². The van der Waals surface area contributed by atoms with Crippen molar-refractivity contribution in [3.05, 3.63) is 53.6 Å². The van der Waals surface area contributed by atoms with Crippen LogP contribution in [0.3, 0.4) is 0 Å². The van der Waals surface area contributed by atoms with Gasteiger partial charge in [0.15, 0.2) is 6.61 Å². The molecule has 1 aliphatic rings. The molecule has 1 aliphatic carbocycles. The molecule has 0 aliphatic heterocycles. The van der Waals surface area contributed by atoms with Gasteiger partial charge in [-0.05, 0) is 37.3 Å². The SMILES string of the molecule is CCC(C(=O)NC1CCCC1)N(Cc1ccccc1C)C(=O)COc1cc(OC)cc(OC)c1. The number of carbonyl (C=O) groups is 2. The van der Waals surface area contributed by atoms with Gasteiger partial charge in [-0.1, -0.05) is 44.0 Å². The van der Waals surface area contributed by atoms with Gasteiger partial charge in [0.1, 0.15) is 23.3 Å². The molecule has 2 amide bonds. The van der Waals surface area contributed by atoms with Crippen molar-refractivity contribution in [2.75, 3.05) is 20.8 Å². The molecular formula is C27H36N2O5. The maximum Gasteiger partial charge on any atom is 0.261 e. The summed E-state index contributed by atoms with van der Waals surface area (Å²) in [7, 11) is 3.12. The summed E-state index contributed by atoms with van der Waals surface area (Å²) in [6.45, 7) is 4.09. The lowest BCUT2D eigenvalue weighted by Gasteiger charge is -2.32. The van der Waals surface area contributed by atoms with Gasteiger partial charge >= 0.3 is 0 Å². The predicted octanol–water partition coefficient (Wildman–Crippen LogP) is 4.26. The highest BCUT2D eigenvalue weighted by Crippen LogP contribution is 2.27. The van der Waals surface area contributed by atoms with E-state index in [4.69, 9.17) is 14.2 Å². The zero-order valence-electron chi connectivity index (χ0n) is 20.6. The largest absolute Gasteiger partial charge is 0.496 e. The summed E-state index contributed by atoms with van der Waals surface area (Å²) in [5.74, 6) is 1.25. The predicted molar refractivity (Wildman–Crippen MR) is 131 cm³/mol. The number of carbonyl (C=O) groups excluding carboxylic acids is 2. The van der Waals surface area contributed by atoms with Crippen LogP contribution in [-0.4, -0.2) is 49.6 Å². The van der Waals surface area contributed by atoms with Crippen molar-refractivity contribution >= 4 is 11.8 Å². The first kappa shape index (κ1) is 25.4. The molecule has 184 valence electrons. The minimum absolute atomic E-state index is 0.0978. The Hall–Kier alpha value is -3.22. The Bertz CT molecular complexity index is 949. The summed E-state index contributed by atoms with van der Waals surface area (Å²) in [5, 5.41) is 3.16. The van der Waals surface area contributed by atoms with Crippen LogP contribution >= 0.6 is 0 Å². The molecule has 1 saturated carbocycles. The molecule has 1 N–H and O–H groups in total. The third kappa shape index (κ3) is 6.65. The van der Waals surface area contributed by atoms with E-state index >= 15 is 0 Å². The molecular weight excluding hydrogens is 432 g/mol. The first-order chi connectivity index (χ1) is 16.4. The second-order valence-corrected chi connectivity index (χ2v) is 8.70. The Balaban J connectivity index is 1.79. The molecule has 3 rings (SSSR count). The topological polar surface area (TPSA) is 77.1 Å². The molecule has 34 heavy (non-hydrogen) atoms. The number of hydrogen-bond acceptors (Lipinski definition) is 5. The van der Waals surface area contributed by atoms with Gasteiger partial charge in [-0.3, -0.25) is 9.59 Å². The van der Waals surface area contributed by atoms with E-state index in [0.29, 0.717) is 30.2 Å². The Kier molecular flexibility index (Phi) is 9.19. The van der Waals surface area contributed by atoms with Gasteiger partial charge in [-0.2, -0.15) is 0 Å². The summed E-state index contributed by atoms with van der Waals surface area (Å²) < 4.78 is 16.4. The summed E-state index contributed by atoms with van der Waals surface area (Å²) in [5.41, 5.74) is 2.08. The van der Waals surface area contributed by atoms with Gasteiger partial charge in [0.05, 0.1) is 14.2 Å². The van der Waals surface area contributed by atoms with E-state index in [-0.39, 0.29) is 24.5 Å².